The number of nitrogens with one attached hydrogen (secondary N) is 1. The Kier molecular flexibility index (Phi) is 4.74. The van der Waals surface area contributed by atoms with Crippen molar-refractivity contribution in [2.45, 2.75) is 32.2 Å². The molecule has 0 amide bonds. The van der Waals surface area contributed by atoms with Crippen LogP contribution in [0.5, 0.6) is 0 Å². The minimum absolute atomic E-state index is 0.166. The number of nitro groups is 1. The predicted molar refractivity (Wildman–Crippen MR) is 76.5 cm³/mol. The second kappa shape index (κ2) is 6.52. The molecule has 0 aliphatic carbocycles. The highest BCUT2D eigenvalue weighted by Gasteiger charge is 2.19. The van der Waals surface area contributed by atoms with E-state index in [4.69, 9.17) is 0 Å². The lowest BCUT2D eigenvalue weighted by molar-refractivity contribution is -0.384. The first-order chi connectivity index (χ1) is 9.20. The summed E-state index contributed by atoms with van der Waals surface area (Å²) in [5.41, 5.74) is 0.807. The fraction of sp³-hybridized carbons (Fsp3) is 0.571. The number of nitrogens with zero attached hydrogens (tertiary/aromatic N) is 2. The van der Waals surface area contributed by atoms with Crippen LogP contribution < -0.4 is 5.32 Å². The maximum absolute atomic E-state index is 11.0. The van der Waals surface area contributed by atoms with E-state index in [-0.39, 0.29) is 10.6 Å². The number of rotatable bonds is 4. The van der Waals surface area contributed by atoms with Crippen molar-refractivity contribution in [3.05, 3.63) is 34.4 Å². The molecular formula is C14H21N3O2. The van der Waals surface area contributed by atoms with Crippen LogP contribution >= 0.6 is 0 Å². The van der Waals surface area contributed by atoms with Crippen molar-refractivity contribution in [3.8, 4) is 0 Å². The zero-order chi connectivity index (χ0) is 13.7. The molecule has 1 fully saturated rings. The Morgan fingerprint density at radius 2 is 2.16 bits per heavy atom. The molecule has 1 heterocycles. The molecule has 1 aliphatic rings. The first kappa shape index (κ1) is 13.8. The van der Waals surface area contributed by atoms with Crippen LogP contribution in [-0.2, 0) is 0 Å². The normalized spacial score (nSPS) is 20.8. The Morgan fingerprint density at radius 3 is 2.89 bits per heavy atom. The van der Waals surface area contributed by atoms with Crippen LogP contribution in [0, 0.1) is 10.1 Å². The standard InChI is InChI=1S/C14H21N3O2/c1-2-16-10-5-6-12(9-11-16)15-13-7-3-4-8-14(13)17(18)19/h3-4,7-8,12,15H,2,5-6,9-11H2,1H3. The van der Waals surface area contributed by atoms with Crippen LogP contribution in [0.15, 0.2) is 24.3 Å². The van der Waals surface area contributed by atoms with E-state index in [9.17, 15) is 10.1 Å². The maximum atomic E-state index is 11.0. The molecule has 1 N–H and O–H groups in total. The van der Waals surface area contributed by atoms with Crippen molar-refractivity contribution in [1.29, 1.82) is 0 Å². The molecule has 104 valence electrons. The van der Waals surface area contributed by atoms with Crippen molar-refractivity contribution in [2.75, 3.05) is 25.0 Å². The predicted octanol–water partition coefficient (Wildman–Crippen LogP) is 2.88. The lowest BCUT2D eigenvalue weighted by atomic mass is 10.1. The monoisotopic (exact) mass is 263 g/mol. The SMILES string of the molecule is CCN1CCCC(Nc2ccccc2[N+](=O)[O-])CC1. The molecule has 5 nitrogen and oxygen atoms in total. The van der Waals surface area contributed by atoms with E-state index < -0.39 is 0 Å². The van der Waals surface area contributed by atoms with Gasteiger partial charge in [0.15, 0.2) is 0 Å². The highest BCUT2D eigenvalue weighted by Crippen LogP contribution is 2.26. The average molecular weight is 263 g/mol. The Bertz CT molecular complexity index is 436. The lowest BCUT2D eigenvalue weighted by Gasteiger charge is -2.19. The van der Waals surface area contributed by atoms with E-state index in [1.807, 2.05) is 6.07 Å². The Balaban J connectivity index is 2.03. The zero-order valence-electron chi connectivity index (χ0n) is 11.3. The molecule has 1 aliphatic heterocycles. The molecule has 0 saturated carbocycles. The highest BCUT2D eigenvalue weighted by atomic mass is 16.6. The van der Waals surface area contributed by atoms with Crippen molar-refractivity contribution in [2.24, 2.45) is 0 Å². The van der Waals surface area contributed by atoms with E-state index in [0.717, 1.165) is 38.9 Å². The van der Waals surface area contributed by atoms with Gasteiger partial charge in [0.25, 0.3) is 5.69 Å². The van der Waals surface area contributed by atoms with Crippen molar-refractivity contribution in [1.82, 2.24) is 4.90 Å². The van der Waals surface area contributed by atoms with Gasteiger partial charge in [-0.15, -0.1) is 0 Å². The average Bonchev–Trinajstić information content (AvgIpc) is 2.64. The molecule has 0 spiro atoms. The third kappa shape index (κ3) is 3.67. The van der Waals surface area contributed by atoms with Gasteiger partial charge < -0.3 is 10.2 Å². The molecular weight excluding hydrogens is 242 g/mol. The number of likely N-dealkylation sites (tertiary alicyclic amines) is 1. The van der Waals surface area contributed by atoms with Crippen molar-refractivity contribution in [3.63, 3.8) is 0 Å². The largest absolute Gasteiger partial charge is 0.377 e. The summed E-state index contributed by atoms with van der Waals surface area (Å²) in [4.78, 5) is 13.1. The molecule has 2 rings (SSSR count). The molecule has 19 heavy (non-hydrogen) atoms. The summed E-state index contributed by atoms with van der Waals surface area (Å²) in [5, 5.41) is 14.3. The van der Waals surface area contributed by atoms with Gasteiger partial charge in [0.1, 0.15) is 5.69 Å². The van der Waals surface area contributed by atoms with E-state index in [2.05, 4.69) is 17.1 Å². The lowest BCUT2D eigenvalue weighted by Crippen LogP contribution is -2.26. The van der Waals surface area contributed by atoms with Gasteiger partial charge in [0.05, 0.1) is 4.92 Å². The number of anilines is 1. The Morgan fingerprint density at radius 1 is 1.37 bits per heavy atom. The minimum atomic E-state index is -0.322. The number of hydrogen-bond acceptors (Lipinski definition) is 4. The number of para-hydroxylation sites is 2. The summed E-state index contributed by atoms with van der Waals surface area (Å²) in [6, 6.07) is 7.22. The minimum Gasteiger partial charge on any atom is -0.377 e. The van der Waals surface area contributed by atoms with Crippen LogP contribution in [-0.4, -0.2) is 35.5 Å². The molecule has 1 atom stereocenters. The molecule has 1 saturated heterocycles. The first-order valence-electron chi connectivity index (χ1n) is 6.93. The van der Waals surface area contributed by atoms with Gasteiger partial charge in [0, 0.05) is 18.7 Å². The molecule has 1 aromatic carbocycles. The molecule has 1 aromatic rings. The quantitative estimate of drug-likeness (QED) is 0.670. The summed E-state index contributed by atoms with van der Waals surface area (Å²) in [5.74, 6) is 0. The van der Waals surface area contributed by atoms with Crippen LogP contribution in [0.4, 0.5) is 11.4 Å². The second-order valence-electron chi connectivity index (χ2n) is 4.98. The van der Waals surface area contributed by atoms with E-state index in [0.29, 0.717) is 11.7 Å². The van der Waals surface area contributed by atoms with E-state index >= 15 is 0 Å². The van der Waals surface area contributed by atoms with Crippen LogP contribution in [0.2, 0.25) is 0 Å². The zero-order valence-corrected chi connectivity index (χ0v) is 11.3. The van der Waals surface area contributed by atoms with E-state index in [1.54, 1.807) is 18.2 Å². The maximum Gasteiger partial charge on any atom is 0.292 e. The molecule has 0 aromatic heterocycles. The number of hydrogen-bond donors (Lipinski definition) is 1. The third-order valence-corrected chi connectivity index (χ3v) is 3.73. The Hall–Kier alpha value is -1.62. The van der Waals surface area contributed by atoms with Crippen molar-refractivity contribution >= 4 is 11.4 Å². The molecule has 0 bridgehead atoms. The van der Waals surface area contributed by atoms with Crippen molar-refractivity contribution < 1.29 is 4.92 Å². The highest BCUT2D eigenvalue weighted by molar-refractivity contribution is 5.61. The molecule has 1 unspecified atom stereocenters. The first-order valence-corrected chi connectivity index (χ1v) is 6.93. The number of nitro benzene ring substituents is 1. The molecule has 5 heteroatoms. The van der Waals surface area contributed by atoms with Gasteiger partial charge in [-0.25, -0.2) is 0 Å². The molecule has 0 radical (unpaired) electrons. The summed E-state index contributed by atoms with van der Waals surface area (Å²) in [6.45, 7) is 5.45. The smallest absolute Gasteiger partial charge is 0.292 e. The fourth-order valence-electron chi connectivity index (χ4n) is 2.59. The summed E-state index contributed by atoms with van der Waals surface area (Å²) in [6.07, 6.45) is 3.26. The van der Waals surface area contributed by atoms with Gasteiger partial charge in [-0.3, -0.25) is 10.1 Å². The fourth-order valence-corrected chi connectivity index (χ4v) is 2.59. The van der Waals surface area contributed by atoms with E-state index in [1.165, 1.54) is 0 Å². The summed E-state index contributed by atoms with van der Waals surface area (Å²) < 4.78 is 0. The van der Waals surface area contributed by atoms with Gasteiger partial charge >= 0.3 is 0 Å². The van der Waals surface area contributed by atoms with Crippen LogP contribution in [0.25, 0.3) is 0 Å². The van der Waals surface area contributed by atoms with Crippen LogP contribution in [0.1, 0.15) is 26.2 Å². The van der Waals surface area contributed by atoms with Gasteiger partial charge in [-0.05, 0) is 38.4 Å². The summed E-state index contributed by atoms with van der Waals surface area (Å²) in [7, 11) is 0. The van der Waals surface area contributed by atoms with Gasteiger partial charge in [0.2, 0.25) is 0 Å². The summed E-state index contributed by atoms with van der Waals surface area (Å²) >= 11 is 0. The Labute approximate surface area is 113 Å². The van der Waals surface area contributed by atoms with Gasteiger partial charge in [-0.1, -0.05) is 19.1 Å². The third-order valence-electron chi connectivity index (χ3n) is 3.73. The van der Waals surface area contributed by atoms with Gasteiger partial charge in [-0.2, -0.15) is 0 Å². The second-order valence-corrected chi connectivity index (χ2v) is 4.98. The topological polar surface area (TPSA) is 58.4 Å². The van der Waals surface area contributed by atoms with Crippen LogP contribution in [0.3, 0.4) is 0 Å². The number of benzene rings is 1.